The van der Waals surface area contributed by atoms with Crippen molar-refractivity contribution in [2.45, 2.75) is 58.8 Å². The van der Waals surface area contributed by atoms with Gasteiger partial charge in [-0.3, -0.25) is 0 Å². The van der Waals surface area contributed by atoms with E-state index in [1.54, 1.807) is 17.7 Å². The van der Waals surface area contributed by atoms with Gasteiger partial charge in [0, 0.05) is 30.5 Å². The minimum Gasteiger partial charge on any atom is -0.474 e. The molecular weight excluding hydrogens is 400 g/mol. The SMILES string of the molecule is CC[C@H](C)Oc1ncnc2c1sc1nc(N3CCOCC3)c3c(c12)CC(C)(C)OC3. The van der Waals surface area contributed by atoms with Gasteiger partial charge in [0.25, 0.3) is 0 Å². The molecule has 1 saturated heterocycles. The lowest BCUT2D eigenvalue weighted by molar-refractivity contribution is -0.0396. The van der Waals surface area contributed by atoms with Gasteiger partial charge in [0.05, 0.1) is 37.0 Å². The van der Waals surface area contributed by atoms with Crippen molar-refractivity contribution < 1.29 is 14.2 Å². The number of nitrogens with zero attached hydrogens (tertiary/aromatic N) is 4. The van der Waals surface area contributed by atoms with E-state index in [4.69, 9.17) is 19.2 Å². The first kappa shape index (κ1) is 19.9. The second-order valence-corrected chi connectivity index (χ2v) is 9.69. The third-order valence-electron chi connectivity index (χ3n) is 5.97. The second kappa shape index (κ2) is 7.59. The third-order valence-corrected chi connectivity index (χ3v) is 7.03. The van der Waals surface area contributed by atoms with Gasteiger partial charge in [-0.05, 0) is 32.8 Å². The molecule has 7 nitrogen and oxygen atoms in total. The minimum atomic E-state index is -0.221. The van der Waals surface area contributed by atoms with Gasteiger partial charge >= 0.3 is 0 Å². The molecule has 5 heterocycles. The summed E-state index contributed by atoms with van der Waals surface area (Å²) < 4.78 is 18.9. The standard InChI is InChI=1S/C22H28N4O3S/c1-5-13(2)29-20-18-17(23-12-24-20)16-14-10-22(3,4)28-11-15(14)19(25-21(16)30-18)26-6-8-27-9-7-26/h12-13H,5-11H2,1-4H3/t13-/m0/s1. The molecule has 8 heteroatoms. The van der Waals surface area contributed by atoms with Crippen LogP contribution in [0.1, 0.15) is 45.2 Å². The van der Waals surface area contributed by atoms with Crippen molar-refractivity contribution in [3.63, 3.8) is 0 Å². The van der Waals surface area contributed by atoms with Crippen molar-refractivity contribution in [1.82, 2.24) is 15.0 Å². The molecule has 0 bridgehead atoms. The molecule has 30 heavy (non-hydrogen) atoms. The summed E-state index contributed by atoms with van der Waals surface area (Å²) >= 11 is 1.63. The van der Waals surface area contributed by atoms with E-state index in [-0.39, 0.29) is 11.7 Å². The molecule has 5 rings (SSSR count). The molecule has 0 aliphatic carbocycles. The molecule has 3 aromatic rings. The number of anilines is 1. The Morgan fingerprint density at radius 1 is 1.23 bits per heavy atom. The number of ether oxygens (including phenoxy) is 3. The van der Waals surface area contributed by atoms with E-state index in [0.717, 1.165) is 65.4 Å². The number of aromatic nitrogens is 3. The first-order valence-corrected chi connectivity index (χ1v) is 11.5. The maximum atomic E-state index is 6.20. The Morgan fingerprint density at radius 2 is 2.03 bits per heavy atom. The molecule has 0 saturated carbocycles. The number of fused-ring (bicyclic) bond motifs is 5. The van der Waals surface area contributed by atoms with Crippen LogP contribution < -0.4 is 9.64 Å². The number of morpholine rings is 1. The monoisotopic (exact) mass is 428 g/mol. The highest BCUT2D eigenvalue weighted by atomic mass is 32.1. The number of hydrogen-bond acceptors (Lipinski definition) is 8. The van der Waals surface area contributed by atoms with Gasteiger partial charge < -0.3 is 19.1 Å². The lowest BCUT2D eigenvalue weighted by Gasteiger charge is -2.36. The molecule has 0 aromatic carbocycles. The van der Waals surface area contributed by atoms with Crippen molar-refractivity contribution in [2.24, 2.45) is 0 Å². The van der Waals surface area contributed by atoms with Crippen molar-refractivity contribution >= 4 is 37.6 Å². The normalized spacial score (nSPS) is 19.8. The molecular formula is C22H28N4O3S. The van der Waals surface area contributed by atoms with Gasteiger partial charge in [-0.1, -0.05) is 6.92 Å². The number of thiophene rings is 1. The van der Waals surface area contributed by atoms with E-state index in [2.05, 4.69) is 42.6 Å². The molecule has 1 fully saturated rings. The van der Waals surface area contributed by atoms with Crippen LogP contribution in [0.3, 0.4) is 0 Å². The topological polar surface area (TPSA) is 69.6 Å². The molecule has 0 spiro atoms. The largest absolute Gasteiger partial charge is 0.474 e. The van der Waals surface area contributed by atoms with Crippen LogP contribution >= 0.6 is 11.3 Å². The number of pyridine rings is 1. The molecule has 2 aliphatic heterocycles. The first-order valence-electron chi connectivity index (χ1n) is 10.7. The highest BCUT2D eigenvalue weighted by molar-refractivity contribution is 7.25. The van der Waals surface area contributed by atoms with E-state index in [9.17, 15) is 0 Å². The molecule has 0 N–H and O–H groups in total. The second-order valence-electron chi connectivity index (χ2n) is 8.69. The van der Waals surface area contributed by atoms with E-state index in [0.29, 0.717) is 12.5 Å². The highest BCUT2D eigenvalue weighted by Crippen LogP contribution is 2.44. The molecule has 0 amide bonds. The zero-order chi connectivity index (χ0) is 20.9. The molecule has 0 unspecified atom stereocenters. The van der Waals surface area contributed by atoms with Crippen LogP contribution in [0.25, 0.3) is 20.4 Å². The summed E-state index contributed by atoms with van der Waals surface area (Å²) in [4.78, 5) is 17.6. The van der Waals surface area contributed by atoms with Crippen molar-refractivity contribution in [3.8, 4) is 5.88 Å². The van der Waals surface area contributed by atoms with Gasteiger partial charge in [-0.15, -0.1) is 11.3 Å². The van der Waals surface area contributed by atoms with Gasteiger partial charge in [0.1, 0.15) is 21.7 Å². The van der Waals surface area contributed by atoms with E-state index < -0.39 is 0 Å². The summed E-state index contributed by atoms with van der Waals surface area (Å²) in [5.41, 5.74) is 3.21. The summed E-state index contributed by atoms with van der Waals surface area (Å²) in [6.07, 6.45) is 3.47. The van der Waals surface area contributed by atoms with Crippen molar-refractivity contribution in [1.29, 1.82) is 0 Å². The van der Waals surface area contributed by atoms with Crippen LogP contribution in [-0.4, -0.2) is 53.0 Å². The van der Waals surface area contributed by atoms with E-state index in [1.807, 2.05) is 0 Å². The quantitative estimate of drug-likeness (QED) is 0.619. The Bertz CT molecular complexity index is 1090. The smallest absolute Gasteiger partial charge is 0.235 e. The third kappa shape index (κ3) is 3.40. The molecule has 0 radical (unpaired) electrons. The summed E-state index contributed by atoms with van der Waals surface area (Å²) in [6, 6.07) is 0. The van der Waals surface area contributed by atoms with E-state index >= 15 is 0 Å². The average Bonchev–Trinajstić information content (AvgIpc) is 3.13. The number of rotatable bonds is 4. The molecule has 1 atom stereocenters. The lowest BCUT2D eigenvalue weighted by Crippen LogP contribution is -2.39. The zero-order valence-electron chi connectivity index (χ0n) is 18.0. The highest BCUT2D eigenvalue weighted by Gasteiger charge is 2.33. The van der Waals surface area contributed by atoms with Crippen LogP contribution in [0, 0.1) is 0 Å². The Hall–Kier alpha value is -2.03. The summed E-state index contributed by atoms with van der Waals surface area (Å²) in [7, 11) is 0. The summed E-state index contributed by atoms with van der Waals surface area (Å²) in [5, 5.41) is 1.13. The average molecular weight is 429 g/mol. The predicted octanol–water partition coefficient (Wildman–Crippen LogP) is 4.10. The zero-order valence-corrected chi connectivity index (χ0v) is 18.8. The van der Waals surface area contributed by atoms with Gasteiger partial charge in [0.15, 0.2) is 0 Å². The Kier molecular flexibility index (Phi) is 5.03. The predicted molar refractivity (Wildman–Crippen MR) is 119 cm³/mol. The fourth-order valence-corrected chi connectivity index (χ4v) is 5.25. The minimum absolute atomic E-state index is 0.103. The molecule has 3 aromatic heterocycles. The fraction of sp³-hybridized carbons (Fsp3) is 0.591. The van der Waals surface area contributed by atoms with Crippen molar-refractivity contribution in [3.05, 3.63) is 17.5 Å². The Labute approximate surface area is 180 Å². The van der Waals surface area contributed by atoms with Crippen LogP contribution in [-0.2, 0) is 22.5 Å². The molecule has 2 aliphatic rings. The van der Waals surface area contributed by atoms with E-state index in [1.165, 1.54) is 11.1 Å². The van der Waals surface area contributed by atoms with Crippen molar-refractivity contribution in [2.75, 3.05) is 31.2 Å². The molecule has 160 valence electrons. The van der Waals surface area contributed by atoms with Crippen LogP contribution in [0.15, 0.2) is 6.33 Å². The first-order chi connectivity index (χ1) is 14.5. The lowest BCUT2D eigenvalue weighted by atomic mass is 9.90. The van der Waals surface area contributed by atoms with Crippen LogP contribution in [0.2, 0.25) is 0 Å². The Balaban J connectivity index is 1.74. The Morgan fingerprint density at radius 3 is 2.80 bits per heavy atom. The van der Waals surface area contributed by atoms with Gasteiger partial charge in [-0.2, -0.15) is 0 Å². The van der Waals surface area contributed by atoms with Crippen LogP contribution in [0.4, 0.5) is 5.82 Å². The van der Waals surface area contributed by atoms with Gasteiger partial charge in [0.2, 0.25) is 5.88 Å². The van der Waals surface area contributed by atoms with Gasteiger partial charge in [-0.25, -0.2) is 15.0 Å². The summed E-state index contributed by atoms with van der Waals surface area (Å²) in [5.74, 6) is 1.69. The maximum Gasteiger partial charge on any atom is 0.235 e. The summed E-state index contributed by atoms with van der Waals surface area (Å²) in [6.45, 7) is 12.2. The maximum absolute atomic E-state index is 6.20. The fourth-order valence-electron chi connectivity index (χ4n) is 4.16. The van der Waals surface area contributed by atoms with Crippen LogP contribution in [0.5, 0.6) is 5.88 Å². The number of hydrogen-bond donors (Lipinski definition) is 0.